The first kappa shape index (κ1) is 18.1. The van der Waals surface area contributed by atoms with Gasteiger partial charge in [0.25, 0.3) is 5.91 Å². The van der Waals surface area contributed by atoms with Crippen molar-refractivity contribution in [3.8, 4) is 0 Å². The Balaban J connectivity index is 1.75. The quantitative estimate of drug-likeness (QED) is 0.752. The first-order chi connectivity index (χ1) is 11.1. The minimum Gasteiger partial charge on any atom is -0.393 e. The molecule has 23 heavy (non-hydrogen) atoms. The van der Waals surface area contributed by atoms with Gasteiger partial charge in [-0.2, -0.15) is 0 Å². The van der Waals surface area contributed by atoms with Gasteiger partial charge < -0.3 is 10.4 Å². The summed E-state index contributed by atoms with van der Waals surface area (Å²) in [6, 6.07) is 7.31. The molecule has 1 amide bonds. The second-order valence-corrected chi connectivity index (χ2v) is 7.86. The van der Waals surface area contributed by atoms with Crippen LogP contribution >= 0.6 is 0 Å². The lowest BCUT2D eigenvalue weighted by molar-refractivity contribution is 0.0641. The average Bonchev–Trinajstić information content (AvgIpc) is 2.52. The third-order valence-corrected chi connectivity index (χ3v) is 5.21. The van der Waals surface area contributed by atoms with Crippen LogP contribution in [0.15, 0.2) is 24.3 Å². The lowest BCUT2D eigenvalue weighted by Crippen LogP contribution is -2.28. The Bertz CT molecular complexity index is 547. The van der Waals surface area contributed by atoms with Crippen molar-refractivity contribution in [1.82, 2.24) is 5.32 Å². The van der Waals surface area contributed by atoms with Gasteiger partial charge in [0.15, 0.2) is 0 Å². The fourth-order valence-corrected chi connectivity index (χ4v) is 3.88. The summed E-state index contributed by atoms with van der Waals surface area (Å²) in [5.41, 5.74) is 1.54. The Morgan fingerprint density at radius 3 is 2.87 bits per heavy atom. The number of carbonyl (C=O) groups excluding carboxylic acids is 1. The zero-order valence-electron chi connectivity index (χ0n) is 13.8. The van der Waals surface area contributed by atoms with E-state index in [9.17, 15) is 14.1 Å². The Morgan fingerprint density at radius 1 is 1.35 bits per heavy atom. The highest BCUT2D eigenvalue weighted by molar-refractivity contribution is 7.83. The van der Waals surface area contributed by atoms with Gasteiger partial charge in [-0.05, 0) is 49.3 Å². The Kier molecular flexibility index (Phi) is 7.24. The summed E-state index contributed by atoms with van der Waals surface area (Å²) < 4.78 is 11.3. The molecule has 1 aromatic rings. The second-order valence-electron chi connectivity index (χ2n) is 6.43. The molecule has 0 spiro atoms. The van der Waals surface area contributed by atoms with Crippen LogP contribution < -0.4 is 5.32 Å². The summed E-state index contributed by atoms with van der Waals surface area (Å²) >= 11 is 0. The van der Waals surface area contributed by atoms with Crippen LogP contribution in [0.5, 0.6) is 0 Å². The second kappa shape index (κ2) is 9.18. The van der Waals surface area contributed by atoms with Crippen molar-refractivity contribution in [3.63, 3.8) is 0 Å². The van der Waals surface area contributed by atoms with Crippen molar-refractivity contribution in [1.29, 1.82) is 0 Å². The molecule has 1 aliphatic carbocycles. The highest BCUT2D eigenvalue weighted by Gasteiger charge is 2.22. The van der Waals surface area contributed by atoms with Crippen molar-refractivity contribution in [2.75, 3.05) is 12.8 Å². The van der Waals surface area contributed by atoms with Gasteiger partial charge in [0, 0.05) is 34.9 Å². The van der Waals surface area contributed by atoms with Gasteiger partial charge in [-0.25, -0.2) is 0 Å². The molecule has 3 unspecified atom stereocenters. The van der Waals surface area contributed by atoms with Gasteiger partial charge in [0.05, 0.1) is 6.10 Å². The average molecular weight is 337 g/mol. The summed E-state index contributed by atoms with van der Waals surface area (Å²) in [5, 5.41) is 12.9. The topological polar surface area (TPSA) is 66.4 Å². The van der Waals surface area contributed by atoms with E-state index in [1.54, 1.807) is 12.3 Å². The molecule has 1 fully saturated rings. The van der Waals surface area contributed by atoms with Gasteiger partial charge in [0.1, 0.15) is 0 Å². The van der Waals surface area contributed by atoms with Gasteiger partial charge in [-0.1, -0.05) is 25.0 Å². The van der Waals surface area contributed by atoms with E-state index in [-0.39, 0.29) is 12.0 Å². The molecule has 4 nitrogen and oxygen atoms in total. The zero-order chi connectivity index (χ0) is 16.7. The van der Waals surface area contributed by atoms with Crippen LogP contribution in [0.2, 0.25) is 0 Å². The maximum atomic E-state index is 12.2. The molecule has 0 aliphatic heterocycles. The molecule has 1 aliphatic rings. The van der Waals surface area contributed by atoms with Crippen molar-refractivity contribution in [2.24, 2.45) is 5.92 Å². The predicted octanol–water partition coefficient (Wildman–Crippen LogP) is 2.63. The van der Waals surface area contributed by atoms with E-state index in [2.05, 4.69) is 5.32 Å². The number of aliphatic hydroxyl groups is 1. The summed E-state index contributed by atoms with van der Waals surface area (Å²) in [7, 11) is -0.907. The molecule has 0 aromatic heterocycles. The van der Waals surface area contributed by atoms with Gasteiger partial charge >= 0.3 is 0 Å². The van der Waals surface area contributed by atoms with E-state index in [4.69, 9.17) is 0 Å². The van der Waals surface area contributed by atoms with Crippen LogP contribution in [0.25, 0.3) is 0 Å². The Hall–Kier alpha value is -1.20. The van der Waals surface area contributed by atoms with Crippen LogP contribution in [0.1, 0.15) is 54.4 Å². The largest absolute Gasteiger partial charge is 0.393 e. The molecule has 1 aromatic carbocycles. The van der Waals surface area contributed by atoms with Crippen LogP contribution in [0, 0.1) is 5.92 Å². The molecule has 2 N–H and O–H groups in total. The highest BCUT2D eigenvalue weighted by atomic mass is 32.2. The number of nitrogens with one attached hydrogen (secondary N) is 1. The Labute approximate surface area is 141 Å². The molecule has 2 rings (SSSR count). The lowest BCUT2D eigenvalue weighted by atomic mass is 9.83. The summed E-state index contributed by atoms with van der Waals surface area (Å²) in [6.45, 7) is 0.631. The fourth-order valence-electron chi connectivity index (χ4n) is 3.23. The maximum Gasteiger partial charge on any atom is 0.251 e. The van der Waals surface area contributed by atoms with E-state index in [1.807, 2.05) is 18.2 Å². The molecule has 0 saturated heterocycles. The highest BCUT2D eigenvalue weighted by Crippen LogP contribution is 2.27. The number of rotatable bonds is 7. The molecule has 5 heteroatoms. The van der Waals surface area contributed by atoms with E-state index >= 15 is 0 Å². The van der Waals surface area contributed by atoms with E-state index in [0.29, 0.717) is 23.8 Å². The number of aliphatic hydroxyl groups excluding tert-OH is 1. The SMILES string of the molecule is CS(=O)Cc1cccc(C(=O)NCCCC2CCCCC2O)c1. The van der Waals surface area contributed by atoms with E-state index in [0.717, 1.165) is 37.7 Å². The number of hydrogen-bond donors (Lipinski definition) is 2. The van der Waals surface area contributed by atoms with E-state index in [1.165, 1.54) is 6.42 Å². The molecular formula is C18H27NO3S. The number of benzene rings is 1. The number of carbonyl (C=O) groups is 1. The number of hydrogen-bond acceptors (Lipinski definition) is 3. The Morgan fingerprint density at radius 2 is 2.13 bits per heavy atom. The first-order valence-corrected chi connectivity index (χ1v) is 10.1. The van der Waals surface area contributed by atoms with Crippen molar-refractivity contribution >= 4 is 16.7 Å². The molecule has 128 valence electrons. The van der Waals surface area contributed by atoms with E-state index < -0.39 is 10.8 Å². The van der Waals surface area contributed by atoms with Crippen molar-refractivity contribution in [2.45, 2.75) is 50.4 Å². The fraction of sp³-hybridized carbons (Fsp3) is 0.611. The van der Waals surface area contributed by atoms with Gasteiger partial charge in [-0.3, -0.25) is 9.00 Å². The molecule has 1 saturated carbocycles. The monoisotopic (exact) mass is 337 g/mol. The van der Waals surface area contributed by atoms with Gasteiger partial charge in [-0.15, -0.1) is 0 Å². The summed E-state index contributed by atoms with van der Waals surface area (Å²) in [6.07, 6.45) is 7.72. The van der Waals surface area contributed by atoms with Crippen molar-refractivity contribution in [3.05, 3.63) is 35.4 Å². The normalized spacial score (nSPS) is 22.5. The number of amides is 1. The minimum absolute atomic E-state index is 0.0853. The predicted molar refractivity (Wildman–Crippen MR) is 93.7 cm³/mol. The summed E-state index contributed by atoms with van der Waals surface area (Å²) in [5.74, 6) is 0.780. The van der Waals surface area contributed by atoms with Crippen LogP contribution in [0.3, 0.4) is 0 Å². The third kappa shape index (κ3) is 6.07. The van der Waals surface area contributed by atoms with Crippen molar-refractivity contribution < 1.29 is 14.1 Å². The minimum atomic E-state index is -0.907. The third-order valence-electron chi connectivity index (χ3n) is 4.47. The lowest BCUT2D eigenvalue weighted by Gasteiger charge is -2.27. The molecular weight excluding hydrogens is 310 g/mol. The van der Waals surface area contributed by atoms with Crippen LogP contribution in [0.4, 0.5) is 0 Å². The van der Waals surface area contributed by atoms with Gasteiger partial charge in [0.2, 0.25) is 0 Å². The maximum absolute atomic E-state index is 12.2. The smallest absolute Gasteiger partial charge is 0.251 e. The summed E-state index contributed by atoms with van der Waals surface area (Å²) in [4.78, 5) is 12.2. The molecule has 0 bridgehead atoms. The van der Waals surface area contributed by atoms with Crippen LogP contribution in [-0.2, 0) is 16.6 Å². The first-order valence-electron chi connectivity index (χ1n) is 8.41. The molecule has 3 atom stereocenters. The van der Waals surface area contributed by atoms with Crippen LogP contribution in [-0.4, -0.2) is 34.1 Å². The molecule has 0 heterocycles. The zero-order valence-corrected chi connectivity index (χ0v) is 14.6. The molecule has 0 radical (unpaired) electrons. The standard InChI is InChI=1S/C18H27NO3S/c1-23(22)13-14-6-4-8-16(12-14)18(21)19-11-5-9-15-7-2-3-10-17(15)20/h4,6,8,12,15,17,20H,2-3,5,7,9-11,13H2,1H3,(H,19,21).